The Hall–Kier alpha value is -2.01. The number of para-hydroxylation sites is 1. The monoisotopic (exact) mass is 252 g/mol. The van der Waals surface area contributed by atoms with E-state index < -0.39 is 11.5 Å². The van der Waals surface area contributed by atoms with Crippen LogP contribution >= 0.6 is 11.6 Å². The Kier molecular flexibility index (Phi) is 2.09. The number of furan rings is 1. The molecule has 2 aromatic heterocycles. The van der Waals surface area contributed by atoms with Gasteiger partial charge >= 0.3 is 5.69 Å². The van der Waals surface area contributed by atoms with Crippen LogP contribution in [0.3, 0.4) is 0 Å². The van der Waals surface area contributed by atoms with Crippen LogP contribution in [-0.2, 0) is 0 Å². The number of benzene rings is 1. The normalized spacial score (nSPS) is 11.2. The van der Waals surface area contributed by atoms with Gasteiger partial charge in [0.05, 0.1) is 5.52 Å². The van der Waals surface area contributed by atoms with Crippen LogP contribution in [0.5, 0.6) is 0 Å². The number of nitrogens with zero attached hydrogens (tertiary/aromatic N) is 1. The third-order valence-electron chi connectivity index (χ3n) is 2.45. The molecule has 0 spiro atoms. The first-order chi connectivity index (χ1) is 8.16. The van der Waals surface area contributed by atoms with E-state index in [4.69, 9.17) is 16.0 Å². The average molecular weight is 253 g/mol. The van der Waals surface area contributed by atoms with Crippen LogP contribution in [0.15, 0.2) is 39.5 Å². The first-order valence-electron chi connectivity index (χ1n) is 4.82. The zero-order valence-corrected chi connectivity index (χ0v) is 9.16. The molecule has 0 atom stereocenters. The molecule has 86 valence electrons. The molecule has 3 aromatic rings. The minimum Gasteiger partial charge on any atom is -0.428 e. The van der Waals surface area contributed by atoms with E-state index in [2.05, 4.69) is 4.98 Å². The minimum absolute atomic E-state index is 0.144. The second-order valence-corrected chi connectivity index (χ2v) is 3.85. The lowest BCUT2D eigenvalue weighted by Crippen LogP contribution is -2.13. The Balaban J connectivity index is 2.40. The molecule has 17 heavy (non-hydrogen) atoms. The van der Waals surface area contributed by atoms with Gasteiger partial charge in [-0.2, -0.15) is 0 Å². The van der Waals surface area contributed by atoms with Crippen LogP contribution < -0.4 is 5.69 Å². The van der Waals surface area contributed by atoms with Crippen LogP contribution in [0.1, 0.15) is 0 Å². The summed E-state index contributed by atoms with van der Waals surface area (Å²) in [5.74, 6) is -0.243. The predicted molar refractivity (Wildman–Crippen MR) is 61.1 cm³/mol. The standard InChI is InChI=1S/C11H6ClFN2O2/c12-8-4-5-9(17-8)15-7-3-1-2-6(13)10(7)14-11(15)16/h1-5H,(H,14,16). The Morgan fingerprint density at radius 2 is 2.12 bits per heavy atom. The van der Waals surface area contributed by atoms with Crippen molar-refractivity contribution in [2.75, 3.05) is 0 Å². The molecule has 0 radical (unpaired) electrons. The fourth-order valence-electron chi connectivity index (χ4n) is 1.74. The minimum atomic E-state index is -0.490. The maximum absolute atomic E-state index is 13.5. The van der Waals surface area contributed by atoms with Crippen molar-refractivity contribution in [1.82, 2.24) is 9.55 Å². The summed E-state index contributed by atoms with van der Waals surface area (Å²) in [7, 11) is 0. The van der Waals surface area contributed by atoms with Gasteiger partial charge in [0.15, 0.2) is 5.22 Å². The number of fused-ring (bicyclic) bond motifs is 1. The van der Waals surface area contributed by atoms with Crippen LogP contribution in [0.25, 0.3) is 16.9 Å². The third-order valence-corrected chi connectivity index (χ3v) is 2.65. The van der Waals surface area contributed by atoms with Gasteiger partial charge in [-0.1, -0.05) is 6.07 Å². The summed E-state index contributed by atoms with van der Waals surface area (Å²) < 4.78 is 19.8. The quantitative estimate of drug-likeness (QED) is 0.724. The zero-order valence-electron chi connectivity index (χ0n) is 8.41. The van der Waals surface area contributed by atoms with Crippen LogP contribution in [-0.4, -0.2) is 9.55 Å². The summed E-state index contributed by atoms with van der Waals surface area (Å²) in [4.78, 5) is 14.2. The van der Waals surface area contributed by atoms with Crippen molar-refractivity contribution in [3.8, 4) is 5.88 Å². The molecule has 0 amide bonds. The van der Waals surface area contributed by atoms with Crippen molar-refractivity contribution in [3.63, 3.8) is 0 Å². The lowest BCUT2D eigenvalue weighted by molar-refractivity contribution is 0.540. The van der Waals surface area contributed by atoms with Crippen molar-refractivity contribution in [2.45, 2.75) is 0 Å². The lowest BCUT2D eigenvalue weighted by Gasteiger charge is -1.97. The number of halogens is 2. The fraction of sp³-hybridized carbons (Fsp3) is 0. The molecule has 3 rings (SSSR count). The van der Waals surface area contributed by atoms with Gasteiger partial charge in [0.2, 0.25) is 5.88 Å². The maximum Gasteiger partial charge on any atom is 0.333 e. The SMILES string of the molecule is O=c1[nH]c2c(F)cccc2n1-c1ccc(Cl)o1. The van der Waals surface area contributed by atoms with Gasteiger partial charge < -0.3 is 9.40 Å². The molecular formula is C11H6ClFN2O2. The smallest absolute Gasteiger partial charge is 0.333 e. The summed E-state index contributed by atoms with van der Waals surface area (Å²) in [5, 5.41) is 0.164. The van der Waals surface area contributed by atoms with E-state index in [1.54, 1.807) is 12.1 Å². The number of hydrogen-bond donors (Lipinski definition) is 1. The van der Waals surface area contributed by atoms with E-state index in [0.717, 1.165) is 0 Å². The molecule has 4 nitrogen and oxygen atoms in total. The Labute approximate surface area is 99.2 Å². The van der Waals surface area contributed by atoms with Crippen LogP contribution in [0.2, 0.25) is 5.22 Å². The predicted octanol–water partition coefficient (Wildman–Crippen LogP) is 2.70. The van der Waals surface area contributed by atoms with Crippen molar-refractivity contribution in [3.05, 3.63) is 51.9 Å². The largest absolute Gasteiger partial charge is 0.428 e. The molecule has 0 saturated heterocycles. The van der Waals surface area contributed by atoms with Crippen LogP contribution in [0, 0.1) is 5.82 Å². The van der Waals surface area contributed by atoms with Gasteiger partial charge in [-0.25, -0.2) is 13.8 Å². The van der Waals surface area contributed by atoms with E-state index >= 15 is 0 Å². The van der Waals surface area contributed by atoms with E-state index in [1.807, 2.05) is 0 Å². The van der Waals surface area contributed by atoms with E-state index in [-0.39, 0.29) is 16.6 Å². The fourth-order valence-corrected chi connectivity index (χ4v) is 1.88. The highest BCUT2D eigenvalue weighted by Gasteiger charge is 2.13. The summed E-state index contributed by atoms with van der Waals surface area (Å²) in [5.41, 5.74) is 0.0714. The van der Waals surface area contributed by atoms with Gasteiger partial charge in [-0.15, -0.1) is 0 Å². The Morgan fingerprint density at radius 1 is 1.29 bits per heavy atom. The van der Waals surface area contributed by atoms with E-state index in [1.165, 1.54) is 22.8 Å². The van der Waals surface area contributed by atoms with E-state index in [0.29, 0.717) is 5.52 Å². The van der Waals surface area contributed by atoms with Crippen molar-refractivity contribution in [1.29, 1.82) is 0 Å². The number of imidazole rings is 1. The van der Waals surface area contributed by atoms with Gasteiger partial charge in [-0.3, -0.25) is 0 Å². The first kappa shape index (κ1) is 10.2. The molecule has 0 bridgehead atoms. The van der Waals surface area contributed by atoms with Gasteiger partial charge in [0, 0.05) is 6.07 Å². The highest BCUT2D eigenvalue weighted by Crippen LogP contribution is 2.21. The molecule has 6 heteroatoms. The number of aromatic nitrogens is 2. The van der Waals surface area contributed by atoms with Crippen molar-refractivity contribution in [2.24, 2.45) is 0 Å². The molecule has 1 N–H and O–H groups in total. The zero-order chi connectivity index (χ0) is 12.0. The number of H-pyrrole nitrogens is 1. The van der Waals surface area contributed by atoms with Gasteiger partial charge in [0.25, 0.3) is 0 Å². The lowest BCUT2D eigenvalue weighted by atomic mass is 10.3. The number of nitrogens with one attached hydrogen (secondary N) is 1. The third kappa shape index (κ3) is 1.47. The van der Waals surface area contributed by atoms with Gasteiger partial charge in [-0.05, 0) is 29.8 Å². The van der Waals surface area contributed by atoms with Gasteiger partial charge in [0.1, 0.15) is 11.3 Å². The second kappa shape index (κ2) is 3.49. The topological polar surface area (TPSA) is 50.9 Å². The molecule has 0 fully saturated rings. The van der Waals surface area contributed by atoms with E-state index in [9.17, 15) is 9.18 Å². The summed E-state index contributed by atoms with van der Waals surface area (Å²) >= 11 is 5.65. The highest BCUT2D eigenvalue weighted by molar-refractivity contribution is 6.28. The number of aromatic amines is 1. The van der Waals surface area contributed by atoms with Crippen LogP contribution in [0.4, 0.5) is 4.39 Å². The molecule has 0 aliphatic carbocycles. The molecule has 2 heterocycles. The number of hydrogen-bond acceptors (Lipinski definition) is 2. The second-order valence-electron chi connectivity index (χ2n) is 3.48. The number of rotatable bonds is 1. The summed E-state index contributed by atoms with van der Waals surface area (Å²) in [6.07, 6.45) is 0. The molecule has 0 aliphatic heterocycles. The van der Waals surface area contributed by atoms with Crippen molar-refractivity contribution < 1.29 is 8.81 Å². The molecule has 0 aliphatic rings. The highest BCUT2D eigenvalue weighted by atomic mass is 35.5. The Morgan fingerprint density at radius 3 is 2.82 bits per heavy atom. The molecule has 1 aromatic carbocycles. The molecule has 0 unspecified atom stereocenters. The summed E-state index contributed by atoms with van der Waals surface area (Å²) in [6, 6.07) is 7.47. The first-order valence-corrected chi connectivity index (χ1v) is 5.19. The maximum atomic E-state index is 13.5. The average Bonchev–Trinajstić information content (AvgIpc) is 2.82. The Bertz CT molecular complexity index is 756. The molecular weight excluding hydrogens is 247 g/mol. The van der Waals surface area contributed by atoms with Crippen molar-refractivity contribution >= 4 is 22.6 Å². The summed E-state index contributed by atoms with van der Waals surface area (Å²) in [6.45, 7) is 0. The molecule has 0 saturated carbocycles.